The van der Waals surface area contributed by atoms with Gasteiger partial charge < -0.3 is 10.1 Å². The van der Waals surface area contributed by atoms with Gasteiger partial charge in [-0.2, -0.15) is 0 Å². The molecule has 2 aromatic carbocycles. The number of halogens is 1. The van der Waals surface area contributed by atoms with E-state index in [-0.39, 0.29) is 17.4 Å². The average Bonchev–Trinajstić information content (AvgIpc) is 2.60. The normalized spacial score (nSPS) is 11.5. The molecule has 26 heavy (non-hydrogen) atoms. The summed E-state index contributed by atoms with van der Waals surface area (Å²) >= 11 is 7.29. The molecule has 136 valence electrons. The lowest BCUT2D eigenvalue weighted by Gasteiger charge is -2.13. The lowest BCUT2D eigenvalue weighted by Crippen LogP contribution is -2.25. The molecule has 0 aliphatic rings. The van der Waals surface area contributed by atoms with Gasteiger partial charge in [0.15, 0.2) is 6.10 Å². The molecule has 1 unspecified atom stereocenters. The van der Waals surface area contributed by atoms with Gasteiger partial charge in [-0.3, -0.25) is 14.4 Å². The molecule has 2 aromatic rings. The van der Waals surface area contributed by atoms with Gasteiger partial charge >= 0.3 is 5.97 Å². The van der Waals surface area contributed by atoms with Crippen LogP contribution < -0.4 is 5.32 Å². The summed E-state index contributed by atoms with van der Waals surface area (Å²) in [6.07, 6.45) is -0.902. The summed E-state index contributed by atoms with van der Waals surface area (Å²) in [5.74, 6) is -0.938. The molecule has 0 aliphatic heterocycles. The molecule has 5 nitrogen and oxygen atoms in total. The van der Waals surface area contributed by atoms with E-state index >= 15 is 0 Å². The number of carbonyl (C=O) groups is 3. The van der Waals surface area contributed by atoms with E-state index in [1.807, 2.05) is 18.2 Å². The first-order valence-electron chi connectivity index (χ1n) is 7.85. The van der Waals surface area contributed by atoms with Gasteiger partial charge in [0, 0.05) is 23.1 Å². The van der Waals surface area contributed by atoms with Crippen LogP contribution in [0.2, 0.25) is 5.02 Å². The third-order valence-electron chi connectivity index (χ3n) is 3.35. The number of rotatable bonds is 7. The van der Waals surface area contributed by atoms with Crippen molar-refractivity contribution in [3.8, 4) is 0 Å². The Bertz CT molecular complexity index is 807. The van der Waals surface area contributed by atoms with Crippen LogP contribution in [0.25, 0.3) is 0 Å². The molecule has 7 heteroatoms. The first kappa shape index (κ1) is 20.0. The van der Waals surface area contributed by atoms with Gasteiger partial charge in [0.1, 0.15) is 0 Å². The van der Waals surface area contributed by atoms with Crippen molar-refractivity contribution in [3.05, 3.63) is 59.1 Å². The molecule has 1 atom stereocenters. The molecule has 0 saturated heterocycles. The molecule has 0 saturated carbocycles. The van der Waals surface area contributed by atoms with Crippen LogP contribution in [0.4, 0.5) is 5.69 Å². The van der Waals surface area contributed by atoms with E-state index in [0.717, 1.165) is 4.90 Å². The number of Topliss-reactive ketones (excluding diaryl/α,β-unsaturated/α-hetero) is 1. The van der Waals surface area contributed by atoms with Crippen LogP contribution in [0.5, 0.6) is 0 Å². The topological polar surface area (TPSA) is 72.5 Å². The number of benzene rings is 2. The zero-order valence-electron chi connectivity index (χ0n) is 14.3. The van der Waals surface area contributed by atoms with Crippen molar-refractivity contribution in [2.75, 3.05) is 11.1 Å². The number of ether oxygens (including phenoxy) is 1. The highest BCUT2D eigenvalue weighted by atomic mass is 35.5. The molecule has 0 radical (unpaired) electrons. The van der Waals surface area contributed by atoms with E-state index in [4.69, 9.17) is 16.3 Å². The Morgan fingerprint density at radius 1 is 1.12 bits per heavy atom. The zero-order valence-corrected chi connectivity index (χ0v) is 15.9. The van der Waals surface area contributed by atoms with Gasteiger partial charge in [-0.25, -0.2) is 0 Å². The summed E-state index contributed by atoms with van der Waals surface area (Å²) in [7, 11) is 0. The smallest absolute Gasteiger partial charge is 0.316 e. The summed E-state index contributed by atoms with van der Waals surface area (Å²) < 4.78 is 5.20. The SMILES string of the molecule is CC(=O)Nc1ccc(C(=O)C(C)OC(=O)CSc2ccccc2Cl)cc1. The molecular formula is C19H18ClNO4S. The van der Waals surface area contributed by atoms with Crippen molar-refractivity contribution in [1.82, 2.24) is 0 Å². The maximum atomic E-state index is 12.3. The zero-order chi connectivity index (χ0) is 19.1. The summed E-state index contributed by atoms with van der Waals surface area (Å²) in [6, 6.07) is 13.6. The highest BCUT2D eigenvalue weighted by Gasteiger charge is 2.19. The third-order valence-corrected chi connectivity index (χ3v) is 4.84. The Labute approximate surface area is 161 Å². The van der Waals surface area contributed by atoms with Gasteiger partial charge in [-0.1, -0.05) is 23.7 Å². The maximum Gasteiger partial charge on any atom is 0.316 e. The number of ketones is 1. The average molecular weight is 392 g/mol. The lowest BCUT2D eigenvalue weighted by atomic mass is 10.1. The van der Waals surface area contributed by atoms with Crippen molar-refractivity contribution >= 4 is 46.7 Å². The number of anilines is 1. The monoisotopic (exact) mass is 391 g/mol. The van der Waals surface area contributed by atoms with Crippen molar-refractivity contribution in [2.24, 2.45) is 0 Å². The Hall–Kier alpha value is -2.31. The number of carbonyl (C=O) groups excluding carboxylic acids is 3. The second-order valence-electron chi connectivity index (χ2n) is 5.47. The van der Waals surface area contributed by atoms with Crippen LogP contribution in [0.1, 0.15) is 24.2 Å². The largest absolute Gasteiger partial charge is 0.454 e. The second-order valence-corrected chi connectivity index (χ2v) is 6.90. The molecular weight excluding hydrogens is 374 g/mol. The summed E-state index contributed by atoms with van der Waals surface area (Å²) in [6.45, 7) is 2.93. The van der Waals surface area contributed by atoms with Crippen LogP contribution in [-0.4, -0.2) is 29.5 Å². The molecule has 1 N–H and O–H groups in total. The van der Waals surface area contributed by atoms with Crippen molar-refractivity contribution < 1.29 is 19.1 Å². The highest BCUT2D eigenvalue weighted by molar-refractivity contribution is 8.00. The molecule has 1 amide bonds. The predicted octanol–water partition coefficient (Wildman–Crippen LogP) is 4.21. The summed E-state index contributed by atoms with van der Waals surface area (Å²) in [4.78, 5) is 36.1. The van der Waals surface area contributed by atoms with Gasteiger partial charge in [0.25, 0.3) is 0 Å². The minimum Gasteiger partial charge on any atom is -0.454 e. The number of amides is 1. The fourth-order valence-electron chi connectivity index (χ4n) is 2.14. The molecule has 2 rings (SSSR count). The Kier molecular flexibility index (Phi) is 7.24. The maximum absolute atomic E-state index is 12.3. The van der Waals surface area contributed by atoms with E-state index < -0.39 is 12.1 Å². The van der Waals surface area contributed by atoms with E-state index in [0.29, 0.717) is 16.3 Å². The first-order valence-corrected chi connectivity index (χ1v) is 9.22. The van der Waals surface area contributed by atoms with Crippen molar-refractivity contribution in [3.63, 3.8) is 0 Å². The van der Waals surface area contributed by atoms with Gasteiger partial charge in [0.2, 0.25) is 11.7 Å². The fraction of sp³-hybridized carbons (Fsp3) is 0.211. The molecule has 0 spiro atoms. The minimum absolute atomic E-state index is 0.0584. The number of esters is 1. The first-order chi connectivity index (χ1) is 12.4. The van der Waals surface area contributed by atoms with Crippen LogP contribution in [0.15, 0.2) is 53.4 Å². The Morgan fingerprint density at radius 3 is 2.38 bits per heavy atom. The standard InChI is InChI=1S/C19H18ClNO4S/c1-12(19(24)14-7-9-15(10-8-14)21-13(2)22)25-18(23)11-26-17-6-4-3-5-16(17)20/h3-10,12H,11H2,1-2H3,(H,21,22). The van der Waals surface area contributed by atoms with E-state index in [9.17, 15) is 14.4 Å². The van der Waals surface area contributed by atoms with Crippen LogP contribution in [-0.2, 0) is 14.3 Å². The summed E-state index contributed by atoms with van der Waals surface area (Å²) in [5.41, 5.74) is 0.994. The molecule has 0 bridgehead atoms. The van der Waals surface area contributed by atoms with Gasteiger partial charge in [-0.15, -0.1) is 11.8 Å². The molecule has 0 aliphatic carbocycles. The second kappa shape index (κ2) is 9.40. The summed E-state index contributed by atoms with van der Waals surface area (Å²) in [5, 5.41) is 3.18. The van der Waals surface area contributed by atoms with E-state index in [1.54, 1.807) is 30.3 Å². The molecule has 0 aromatic heterocycles. The number of hydrogen-bond acceptors (Lipinski definition) is 5. The van der Waals surface area contributed by atoms with Crippen molar-refractivity contribution in [2.45, 2.75) is 24.8 Å². The van der Waals surface area contributed by atoms with E-state index in [2.05, 4.69) is 5.32 Å². The van der Waals surface area contributed by atoms with Crippen LogP contribution in [0.3, 0.4) is 0 Å². The number of thioether (sulfide) groups is 1. The van der Waals surface area contributed by atoms with E-state index in [1.165, 1.54) is 25.6 Å². The Balaban J connectivity index is 1.88. The Morgan fingerprint density at radius 2 is 1.77 bits per heavy atom. The molecule has 0 heterocycles. The van der Waals surface area contributed by atoms with Gasteiger partial charge in [-0.05, 0) is 43.3 Å². The lowest BCUT2D eigenvalue weighted by molar-refractivity contribution is -0.143. The van der Waals surface area contributed by atoms with Crippen LogP contribution >= 0.6 is 23.4 Å². The minimum atomic E-state index is -0.902. The van der Waals surface area contributed by atoms with Crippen molar-refractivity contribution in [1.29, 1.82) is 0 Å². The molecule has 0 fully saturated rings. The van der Waals surface area contributed by atoms with Crippen LogP contribution in [0, 0.1) is 0 Å². The number of nitrogens with one attached hydrogen (secondary N) is 1. The number of hydrogen-bond donors (Lipinski definition) is 1. The highest BCUT2D eigenvalue weighted by Crippen LogP contribution is 2.26. The predicted molar refractivity (Wildman–Crippen MR) is 103 cm³/mol. The third kappa shape index (κ3) is 5.89. The quantitative estimate of drug-likeness (QED) is 0.435. The van der Waals surface area contributed by atoms with Gasteiger partial charge in [0.05, 0.1) is 10.8 Å². The fourth-order valence-corrected chi connectivity index (χ4v) is 3.16.